The van der Waals surface area contributed by atoms with Crippen LogP contribution in [0.4, 0.5) is 5.69 Å². The number of carbonyl (C=O) groups excluding carboxylic acids is 1. The highest BCUT2D eigenvalue weighted by Gasteiger charge is 2.17. The molecule has 36 heavy (non-hydrogen) atoms. The van der Waals surface area contributed by atoms with E-state index in [0.717, 1.165) is 11.1 Å². The molecule has 1 aliphatic heterocycles. The largest absolute Gasteiger partial charge is 0.490 e. The van der Waals surface area contributed by atoms with E-state index < -0.39 is 5.91 Å². The van der Waals surface area contributed by atoms with Gasteiger partial charge in [0.15, 0.2) is 23.0 Å². The van der Waals surface area contributed by atoms with Crippen LogP contribution in [0.5, 0.6) is 23.0 Å². The van der Waals surface area contributed by atoms with Crippen LogP contribution in [0.3, 0.4) is 0 Å². The summed E-state index contributed by atoms with van der Waals surface area (Å²) < 4.78 is 23.2. The van der Waals surface area contributed by atoms with Crippen LogP contribution in [-0.2, 0) is 11.4 Å². The van der Waals surface area contributed by atoms with Crippen LogP contribution in [0.25, 0.3) is 6.08 Å². The van der Waals surface area contributed by atoms with Gasteiger partial charge < -0.3 is 24.3 Å². The Hall–Kier alpha value is -3.67. The molecule has 0 radical (unpaired) electrons. The van der Waals surface area contributed by atoms with Crippen molar-refractivity contribution in [2.75, 3.05) is 18.7 Å². The van der Waals surface area contributed by atoms with Gasteiger partial charge in [-0.3, -0.25) is 4.79 Å². The van der Waals surface area contributed by atoms with Crippen molar-refractivity contribution in [2.24, 2.45) is 0 Å². The maximum absolute atomic E-state index is 12.7. The minimum absolute atomic E-state index is 0.0740. The molecule has 184 valence electrons. The second kappa shape index (κ2) is 11.4. The average Bonchev–Trinajstić information content (AvgIpc) is 3.32. The van der Waals surface area contributed by atoms with E-state index in [4.69, 9.17) is 30.5 Å². The van der Waals surface area contributed by atoms with Crippen molar-refractivity contribution in [1.29, 1.82) is 5.26 Å². The van der Waals surface area contributed by atoms with Crippen molar-refractivity contribution >= 4 is 45.2 Å². The molecule has 0 spiro atoms. The van der Waals surface area contributed by atoms with Crippen molar-refractivity contribution in [3.8, 4) is 29.1 Å². The minimum atomic E-state index is -0.547. The number of anilines is 1. The molecule has 1 heterocycles. The van der Waals surface area contributed by atoms with Crippen LogP contribution < -0.4 is 24.3 Å². The van der Waals surface area contributed by atoms with Crippen LogP contribution in [0.1, 0.15) is 23.6 Å². The van der Waals surface area contributed by atoms with E-state index in [-0.39, 0.29) is 19.0 Å². The lowest BCUT2D eigenvalue weighted by molar-refractivity contribution is -0.112. The summed E-state index contributed by atoms with van der Waals surface area (Å²) in [6, 6.07) is 16.2. The normalized spacial score (nSPS) is 12.1. The van der Waals surface area contributed by atoms with Crippen molar-refractivity contribution in [3.63, 3.8) is 0 Å². The summed E-state index contributed by atoms with van der Waals surface area (Å²) in [6.45, 7) is 4.61. The Kier molecular flexibility index (Phi) is 8.04. The molecule has 0 unspecified atom stereocenters. The summed E-state index contributed by atoms with van der Waals surface area (Å²) in [5.74, 6) is 1.81. The molecule has 3 aromatic rings. The van der Waals surface area contributed by atoms with E-state index in [1.807, 2.05) is 38.1 Å². The molecule has 0 saturated heterocycles. The number of fused-ring (bicyclic) bond motifs is 1. The molecule has 0 fully saturated rings. The Morgan fingerprint density at radius 1 is 1.17 bits per heavy atom. The number of amides is 1. The van der Waals surface area contributed by atoms with Crippen LogP contribution in [0.15, 0.2) is 58.6 Å². The number of nitrogens with zero attached hydrogens (tertiary/aromatic N) is 1. The molecule has 0 saturated carbocycles. The summed E-state index contributed by atoms with van der Waals surface area (Å²) >= 11 is 9.67. The third-order valence-corrected chi connectivity index (χ3v) is 6.25. The first-order valence-corrected chi connectivity index (χ1v) is 12.2. The smallest absolute Gasteiger partial charge is 0.266 e. The van der Waals surface area contributed by atoms with Gasteiger partial charge >= 0.3 is 0 Å². The van der Waals surface area contributed by atoms with E-state index in [9.17, 15) is 10.1 Å². The standard InChI is InChI=1S/C27H22BrClN2O5/c1-3-33-25-11-18(8-19(13-30)27(32)31-20-6-4-16(2)22(29)12-20)9-21(28)26(25)34-14-17-5-7-23-24(10-17)36-15-35-23/h4-12H,3,14-15H2,1-2H3,(H,31,32)/b19-8-. The number of ether oxygens (including phenoxy) is 4. The fourth-order valence-corrected chi connectivity index (χ4v) is 4.20. The molecule has 1 N–H and O–H groups in total. The second-order valence-electron chi connectivity index (χ2n) is 7.83. The Morgan fingerprint density at radius 2 is 1.97 bits per heavy atom. The van der Waals surface area contributed by atoms with Crippen LogP contribution in [0.2, 0.25) is 5.02 Å². The van der Waals surface area contributed by atoms with E-state index in [1.54, 1.807) is 30.3 Å². The molecule has 3 aromatic carbocycles. The van der Waals surface area contributed by atoms with Gasteiger partial charge in [-0.15, -0.1) is 0 Å². The first kappa shape index (κ1) is 25.4. The Bertz CT molecular complexity index is 1380. The van der Waals surface area contributed by atoms with Gasteiger partial charge in [0.25, 0.3) is 5.91 Å². The average molecular weight is 570 g/mol. The molecular weight excluding hydrogens is 548 g/mol. The molecular formula is C27H22BrClN2O5. The van der Waals surface area contributed by atoms with Gasteiger partial charge in [0.1, 0.15) is 18.2 Å². The lowest BCUT2D eigenvalue weighted by Crippen LogP contribution is -2.13. The maximum Gasteiger partial charge on any atom is 0.266 e. The Balaban J connectivity index is 1.54. The maximum atomic E-state index is 12.7. The third-order valence-electron chi connectivity index (χ3n) is 5.26. The molecule has 1 amide bonds. The molecule has 1 aliphatic rings. The van der Waals surface area contributed by atoms with Gasteiger partial charge in [-0.25, -0.2) is 0 Å². The van der Waals surface area contributed by atoms with Crippen molar-refractivity contribution < 1.29 is 23.7 Å². The summed E-state index contributed by atoms with van der Waals surface area (Å²) in [7, 11) is 0. The highest BCUT2D eigenvalue weighted by Crippen LogP contribution is 2.39. The number of halogens is 2. The third kappa shape index (κ3) is 5.93. The zero-order valence-electron chi connectivity index (χ0n) is 19.6. The number of carbonyl (C=O) groups is 1. The van der Waals surface area contributed by atoms with Gasteiger partial charge in [-0.2, -0.15) is 5.26 Å². The van der Waals surface area contributed by atoms with E-state index >= 15 is 0 Å². The quantitative estimate of drug-likeness (QED) is 0.241. The van der Waals surface area contributed by atoms with E-state index in [2.05, 4.69) is 21.2 Å². The van der Waals surface area contributed by atoms with Crippen molar-refractivity contribution in [2.45, 2.75) is 20.5 Å². The molecule has 0 bridgehead atoms. The van der Waals surface area contributed by atoms with E-state index in [0.29, 0.717) is 50.4 Å². The lowest BCUT2D eigenvalue weighted by Gasteiger charge is -2.15. The second-order valence-corrected chi connectivity index (χ2v) is 9.09. The zero-order valence-corrected chi connectivity index (χ0v) is 21.9. The number of aryl methyl sites for hydroxylation is 1. The molecule has 0 atom stereocenters. The minimum Gasteiger partial charge on any atom is -0.490 e. The molecule has 9 heteroatoms. The highest BCUT2D eigenvalue weighted by atomic mass is 79.9. The van der Waals surface area contributed by atoms with Crippen molar-refractivity contribution in [1.82, 2.24) is 0 Å². The first-order valence-electron chi connectivity index (χ1n) is 11.0. The SMILES string of the molecule is CCOc1cc(/C=C(/C#N)C(=O)Nc2ccc(C)c(Cl)c2)cc(Br)c1OCc1ccc2c(c1)OCO2. The van der Waals surface area contributed by atoms with Gasteiger partial charge in [-0.1, -0.05) is 23.7 Å². The van der Waals surface area contributed by atoms with Crippen molar-refractivity contribution in [3.05, 3.63) is 80.3 Å². The Labute approximate surface area is 222 Å². The van der Waals surface area contributed by atoms with Gasteiger partial charge in [0.05, 0.1) is 11.1 Å². The summed E-state index contributed by atoms with van der Waals surface area (Å²) in [5.41, 5.74) is 2.81. The monoisotopic (exact) mass is 568 g/mol. The number of nitrogens with one attached hydrogen (secondary N) is 1. The van der Waals surface area contributed by atoms with Gasteiger partial charge in [-0.05, 0) is 88.9 Å². The zero-order chi connectivity index (χ0) is 25.7. The van der Waals surface area contributed by atoms with Crippen LogP contribution >= 0.6 is 27.5 Å². The number of rotatable bonds is 8. The number of benzene rings is 3. The molecule has 0 aromatic heterocycles. The number of nitriles is 1. The molecule has 7 nitrogen and oxygen atoms in total. The molecule has 0 aliphatic carbocycles. The van der Waals surface area contributed by atoms with Gasteiger partial charge in [0, 0.05) is 10.7 Å². The predicted octanol–water partition coefficient (Wildman–Crippen LogP) is 6.66. The van der Waals surface area contributed by atoms with E-state index in [1.165, 1.54) is 6.08 Å². The number of hydrogen-bond acceptors (Lipinski definition) is 6. The number of hydrogen-bond donors (Lipinski definition) is 1. The summed E-state index contributed by atoms with van der Waals surface area (Å²) in [5, 5.41) is 12.8. The van der Waals surface area contributed by atoms with Crippen LogP contribution in [0, 0.1) is 18.3 Å². The highest BCUT2D eigenvalue weighted by molar-refractivity contribution is 9.10. The first-order chi connectivity index (χ1) is 17.4. The van der Waals surface area contributed by atoms with Gasteiger partial charge in [0.2, 0.25) is 6.79 Å². The summed E-state index contributed by atoms with van der Waals surface area (Å²) in [4.78, 5) is 12.7. The Morgan fingerprint density at radius 3 is 2.72 bits per heavy atom. The predicted molar refractivity (Wildman–Crippen MR) is 141 cm³/mol. The lowest BCUT2D eigenvalue weighted by atomic mass is 10.1. The fourth-order valence-electron chi connectivity index (χ4n) is 3.44. The molecule has 4 rings (SSSR count). The fraction of sp³-hybridized carbons (Fsp3) is 0.185. The summed E-state index contributed by atoms with van der Waals surface area (Å²) in [6.07, 6.45) is 1.49. The topological polar surface area (TPSA) is 89.8 Å². The van der Waals surface area contributed by atoms with Crippen LogP contribution in [-0.4, -0.2) is 19.3 Å².